The SMILES string of the molecule is O=C(CN1CCN(c2ccccc2F)C1=O)Nc1ccc(Br)cc1. The number of carbonyl (C=O) groups excluding carboxylic acids is 2. The normalized spacial score (nSPS) is 14.2. The predicted molar refractivity (Wildman–Crippen MR) is 93.5 cm³/mol. The molecule has 0 radical (unpaired) electrons. The molecule has 0 aromatic heterocycles. The largest absolute Gasteiger partial charge is 0.325 e. The minimum absolute atomic E-state index is 0.0696. The summed E-state index contributed by atoms with van der Waals surface area (Å²) in [5, 5.41) is 2.74. The summed E-state index contributed by atoms with van der Waals surface area (Å²) in [6.45, 7) is 0.659. The number of rotatable bonds is 4. The topological polar surface area (TPSA) is 52.7 Å². The van der Waals surface area contributed by atoms with E-state index in [0.717, 1.165) is 4.47 Å². The van der Waals surface area contributed by atoms with Crippen LogP contribution in [0.4, 0.5) is 20.6 Å². The van der Waals surface area contributed by atoms with Gasteiger partial charge in [0, 0.05) is 23.2 Å². The second-order valence-electron chi connectivity index (χ2n) is 5.36. The average Bonchev–Trinajstić information content (AvgIpc) is 2.91. The van der Waals surface area contributed by atoms with E-state index >= 15 is 0 Å². The molecule has 24 heavy (non-hydrogen) atoms. The molecule has 3 rings (SSSR count). The van der Waals surface area contributed by atoms with Crippen molar-refractivity contribution in [1.82, 2.24) is 4.90 Å². The van der Waals surface area contributed by atoms with Crippen molar-refractivity contribution in [3.05, 3.63) is 58.8 Å². The average molecular weight is 392 g/mol. The summed E-state index contributed by atoms with van der Waals surface area (Å²) < 4.78 is 14.7. The quantitative estimate of drug-likeness (QED) is 0.867. The number of nitrogens with one attached hydrogen (secondary N) is 1. The monoisotopic (exact) mass is 391 g/mol. The lowest BCUT2D eigenvalue weighted by atomic mass is 10.3. The lowest BCUT2D eigenvalue weighted by Crippen LogP contribution is -2.37. The number of halogens is 2. The Morgan fingerprint density at radius 2 is 1.83 bits per heavy atom. The third-order valence-electron chi connectivity index (χ3n) is 3.70. The fourth-order valence-corrected chi connectivity index (χ4v) is 2.79. The smallest absolute Gasteiger partial charge is 0.325 e. The van der Waals surface area contributed by atoms with Crippen LogP contribution >= 0.6 is 15.9 Å². The van der Waals surface area contributed by atoms with Gasteiger partial charge in [-0.05, 0) is 36.4 Å². The summed E-state index contributed by atoms with van der Waals surface area (Å²) in [7, 11) is 0. The van der Waals surface area contributed by atoms with Gasteiger partial charge in [-0.2, -0.15) is 0 Å². The Balaban J connectivity index is 1.62. The van der Waals surface area contributed by atoms with Gasteiger partial charge in [-0.15, -0.1) is 0 Å². The van der Waals surface area contributed by atoms with Crippen molar-refractivity contribution < 1.29 is 14.0 Å². The molecule has 0 bridgehead atoms. The van der Waals surface area contributed by atoms with Crippen LogP contribution in [0.15, 0.2) is 53.0 Å². The molecule has 124 valence electrons. The number of anilines is 2. The van der Waals surface area contributed by atoms with Crippen molar-refractivity contribution in [3.63, 3.8) is 0 Å². The van der Waals surface area contributed by atoms with E-state index in [1.165, 1.54) is 15.9 Å². The van der Waals surface area contributed by atoms with Crippen LogP contribution in [0.5, 0.6) is 0 Å². The molecule has 2 aromatic rings. The maximum Gasteiger partial charge on any atom is 0.325 e. The molecular formula is C17H15BrFN3O2. The van der Waals surface area contributed by atoms with Crippen LogP contribution in [-0.2, 0) is 4.79 Å². The summed E-state index contributed by atoms with van der Waals surface area (Å²) in [6.07, 6.45) is 0. The van der Waals surface area contributed by atoms with Gasteiger partial charge in [0.15, 0.2) is 0 Å². The summed E-state index contributed by atoms with van der Waals surface area (Å²) >= 11 is 3.32. The molecule has 1 aliphatic rings. The van der Waals surface area contributed by atoms with E-state index in [-0.39, 0.29) is 24.2 Å². The molecule has 1 N–H and O–H groups in total. The molecule has 1 saturated heterocycles. The molecule has 0 spiro atoms. The molecule has 7 heteroatoms. The van der Waals surface area contributed by atoms with Crippen LogP contribution in [0.2, 0.25) is 0 Å². The number of urea groups is 1. The molecule has 1 heterocycles. The highest BCUT2D eigenvalue weighted by Crippen LogP contribution is 2.23. The van der Waals surface area contributed by atoms with Crippen LogP contribution in [-0.4, -0.2) is 36.5 Å². The third kappa shape index (κ3) is 3.56. The van der Waals surface area contributed by atoms with Crippen LogP contribution in [0.3, 0.4) is 0 Å². The Labute approximate surface area is 147 Å². The summed E-state index contributed by atoms with van der Waals surface area (Å²) in [4.78, 5) is 27.2. The fourth-order valence-electron chi connectivity index (χ4n) is 2.53. The highest BCUT2D eigenvalue weighted by molar-refractivity contribution is 9.10. The summed E-state index contributed by atoms with van der Waals surface area (Å²) in [5.74, 6) is -0.743. The van der Waals surface area contributed by atoms with E-state index in [1.54, 1.807) is 30.3 Å². The zero-order chi connectivity index (χ0) is 17.1. The molecular weight excluding hydrogens is 377 g/mol. The highest BCUT2D eigenvalue weighted by Gasteiger charge is 2.32. The molecule has 1 aliphatic heterocycles. The Morgan fingerprint density at radius 1 is 1.12 bits per heavy atom. The van der Waals surface area contributed by atoms with Crippen molar-refractivity contribution in [1.29, 1.82) is 0 Å². The highest BCUT2D eigenvalue weighted by atomic mass is 79.9. The van der Waals surface area contributed by atoms with Gasteiger partial charge in [0.25, 0.3) is 0 Å². The maximum absolute atomic E-state index is 13.8. The van der Waals surface area contributed by atoms with Gasteiger partial charge in [0.05, 0.1) is 5.69 Å². The van der Waals surface area contributed by atoms with Gasteiger partial charge in [-0.25, -0.2) is 9.18 Å². The summed E-state index contributed by atoms with van der Waals surface area (Å²) in [5.41, 5.74) is 0.888. The second-order valence-corrected chi connectivity index (χ2v) is 6.28. The maximum atomic E-state index is 13.8. The first-order valence-electron chi connectivity index (χ1n) is 7.41. The molecule has 0 saturated carbocycles. The van der Waals surface area contributed by atoms with E-state index in [4.69, 9.17) is 0 Å². The molecule has 1 fully saturated rings. The molecule has 2 aromatic carbocycles. The number of carbonyl (C=O) groups is 2. The Morgan fingerprint density at radius 3 is 2.54 bits per heavy atom. The zero-order valence-electron chi connectivity index (χ0n) is 12.7. The number of benzene rings is 2. The van der Waals surface area contributed by atoms with Gasteiger partial charge in [0.2, 0.25) is 5.91 Å². The van der Waals surface area contributed by atoms with E-state index in [9.17, 15) is 14.0 Å². The minimum atomic E-state index is -0.452. The van der Waals surface area contributed by atoms with E-state index in [2.05, 4.69) is 21.2 Å². The van der Waals surface area contributed by atoms with Crippen LogP contribution in [0, 0.1) is 5.82 Å². The zero-order valence-corrected chi connectivity index (χ0v) is 14.3. The first-order chi connectivity index (χ1) is 11.5. The number of para-hydroxylation sites is 1. The van der Waals surface area contributed by atoms with Crippen LogP contribution in [0.1, 0.15) is 0 Å². The van der Waals surface area contributed by atoms with Gasteiger partial charge in [-0.1, -0.05) is 28.1 Å². The number of nitrogens with zero attached hydrogens (tertiary/aromatic N) is 2. The predicted octanol–water partition coefficient (Wildman–Crippen LogP) is 3.47. The summed E-state index contributed by atoms with van der Waals surface area (Å²) in [6, 6.07) is 12.9. The first kappa shape index (κ1) is 16.4. The number of hydrogen-bond donors (Lipinski definition) is 1. The van der Waals surface area contributed by atoms with Crippen molar-refractivity contribution in [3.8, 4) is 0 Å². The van der Waals surface area contributed by atoms with Crippen molar-refractivity contribution in [2.24, 2.45) is 0 Å². The second kappa shape index (κ2) is 7.00. The molecule has 5 nitrogen and oxygen atoms in total. The number of amides is 3. The minimum Gasteiger partial charge on any atom is -0.325 e. The number of hydrogen-bond acceptors (Lipinski definition) is 2. The Kier molecular flexibility index (Phi) is 4.80. The third-order valence-corrected chi connectivity index (χ3v) is 4.23. The van der Waals surface area contributed by atoms with Crippen LogP contribution in [0.25, 0.3) is 0 Å². The van der Waals surface area contributed by atoms with Crippen molar-refractivity contribution in [2.75, 3.05) is 29.9 Å². The van der Waals surface area contributed by atoms with Gasteiger partial charge >= 0.3 is 6.03 Å². The van der Waals surface area contributed by atoms with Gasteiger partial charge < -0.3 is 10.2 Å². The van der Waals surface area contributed by atoms with E-state index in [0.29, 0.717) is 18.8 Å². The molecule has 0 atom stereocenters. The lowest BCUT2D eigenvalue weighted by molar-refractivity contribution is -0.116. The standard InChI is InChI=1S/C17H15BrFN3O2/c18-12-5-7-13(8-6-12)20-16(23)11-21-9-10-22(17(21)24)15-4-2-1-3-14(15)19/h1-8H,9-11H2,(H,20,23). The van der Waals surface area contributed by atoms with Crippen LogP contribution < -0.4 is 10.2 Å². The van der Waals surface area contributed by atoms with Crippen molar-refractivity contribution >= 4 is 39.2 Å². The Hall–Kier alpha value is -2.41. The van der Waals surface area contributed by atoms with Gasteiger partial charge in [0.1, 0.15) is 12.4 Å². The van der Waals surface area contributed by atoms with E-state index in [1.807, 2.05) is 12.1 Å². The van der Waals surface area contributed by atoms with Gasteiger partial charge in [-0.3, -0.25) is 9.69 Å². The molecule has 0 aliphatic carbocycles. The first-order valence-corrected chi connectivity index (χ1v) is 8.20. The van der Waals surface area contributed by atoms with Crippen molar-refractivity contribution in [2.45, 2.75) is 0 Å². The Bertz CT molecular complexity index is 767. The lowest BCUT2D eigenvalue weighted by Gasteiger charge is -2.18. The fraction of sp³-hybridized carbons (Fsp3) is 0.176. The van der Waals surface area contributed by atoms with E-state index < -0.39 is 5.82 Å². The molecule has 3 amide bonds. The molecule has 0 unspecified atom stereocenters.